The third-order valence-electron chi connectivity index (χ3n) is 3.96. The quantitative estimate of drug-likeness (QED) is 0.572. The molecule has 0 heterocycles. The second kappa shape index (κ2) is 8.77. The maximum Gasteiger partial charge on any atom is 0.226 e. The van der Waals surface area contributed by atoms with E-state index in [9.17, 15) is 4.79 Å². The van der Waals surface area contributed by atoms with Crippen LogP contribution in [0.5, 0.6) is 0 Å². The molecule has 3 N–H and O–H groups in total. The Labute approximate surface area is 142 Å². The van der Waals surface area contributed by atoms with Crippen molar-refractivity contribution in [2.75, 3.05) is 18.9 Å². The standard InChI is InChI=1S/C17H25ClN4O/c1-12-7-8-15(14(18)11-12)22-16(23)9-10-20-17(19-2)21-13-5-3-4-6-13/h7-8,11,13H,3-6,9-10H2,1-2H3,(H,22,23)(H2,19,20,21). The third-order valence-corrected chi connectivity index (χ3v) is 4.28. The highest BCUT2D eigenvalue weighted by molar-refractivity contribution is 6.33. The Kier molecular flexibility index (Phi) is 6.71. The fourth-order valence-corrected chi connectivity index (χ4v) is 2.97. The molecule has 0 aromatic heterocycles. The third kappa shape index (κ3) is 5.75. The number of guanidine groups is 1. The first-order valence-electron chi connectivity index (χ1n) is 8.11. The number of amides is 1. The molecule has 0 unspecified atom stereocenters. The van der Waals surface area contributed by atoms with Gasteiger partial charge in [0, 0.05) is 26.1 Å². The molecule has 126 valence electrons. The summed E-state index contributed by atoms with van der Waals surface area (Å²) in [5, 5.41) is 9.96. The maximum absolute atomic E-state index is 12.0. The van der Waals surface area contributed by atoms with Gasteiger partial charge in [0.05, 0.1) is 10.7 Å². The van der Waals surface area contributed by atoms with Gasteiger partial charge in [-0.25, -0.2) is 0 Å². The van der Waals surface area contributed by atoms with Crippen molar-refractivity contribution < 1.29 is 4.79 Å². The first kappa shape index (κ1) is 17.6. The summed E-state index contributed by atoms with van der Waals surface area (Å²) in [7, 11) is 1.75. The van der Waals surface area contributed by atoms with Crippen molar-refractivity contribution in [2.45, 2.75) is 45.1 Å². The first-order valence-corrected chi connectivity index (χ1v) is 8.49. The largest absolute Gasteiger partial charge is 0.356 e. The van der Waals surface area contributed by atoms with Crippen LogP contribution in [-0.4, -0.2) is 31.5 Å². The monoisotopic (exact) mass is 336 g/mol. The zero-order valence-electron chi connectivity index (χ0n) is 13.8. The van der Waals surface area contributed by atoms with Crippen LogP contribution < -0.4 is 16.0 Å². The summed E-state index contributed by atoms with van der Waals surface area (Å²) in [4.78, 5) is 16.2. The molecule has 0 saturated heterocycles. The minimum absolute atomic E-state index is 0.0698. The number of halogens is 1. The molecule has 1 fully saturated rings. The molecule has 5 nitrogen and oxygen atoms in total. The van der Waals surface area contributed by atoms with Crippen LogP contribution in [0.2, 0.25) is 5.02 Å². The molecule has 0 atom stereocenters. The Hall–Kier alpha value is -1.75. The Morgan fingerprint density at radius 1 is 1.35 bits per heavy atom. The number of hydrogen-bond donors (Lipinski definition) is 3. The summed E-state index contributed by atoms with van der Waals surface area (Å²) in [6.07, 6.45) is 5.28. The molecule has 0 radical (unpaired) electrons. The Morgan fingerprint density at radius 2 is 2.09 bits per heavy atom. The number of rotatable bonds is 5. The van der Waals surface area contributed by atoms with Crippen molar-refractivity contribution >= 4 is 29.2 Å². The van der Waals surface area contributed by atoms with Gasteiger partial charge in [-0.2, -0.15) is 0 Å². The molecule has 2 rings (SSSR count). The van der Waals surface area contributed by atoms with E-state index in [2.05, 4.69) is 20.9 Å². The van der Waals surface area contributed by atoms with E-state index < -0.39 is 0 Å². The summed E-state index contributed by atoms with van der Waals surface area (Å²) in [6, 6.07) is 6.08. The lowest BCUT2D eigenvalue weighted by Gasteiger charge is -2.16. The van der Waals surface area contributed by atoms with Crippen molar-refractivity contribution in [3.05, 3.63) is 28.8 Å². The predicted octanol–water partition coefficient (Wildman–Crippen LogP) is 3.08. The second-order valence-electron chi connectivity index (χ2n) is 5.91. The lowest BCUT2D eigenvalue weighted by Crippen LogP contribution is -2.43. The van der Waals surface area contributed by atoms with Gasteiger partial charge in [0.2, 0.25) is 5.91 Å². The number of aryl methyl sites for hydroxylation is 1. The van der Waals surface area contributed by atoms with Crippen LogP contribution in [0, 0.1) is 6.92 Å². The number of anilines is 1. The molecule has 0 aliphatic heterocycles. The van der Waals surface area contributed by atoms with Gasteiger partial charge >= 0.3 is 0 Å². The van der Waals surface area contributed by atoms with Gasteiger partial charge in [0.25, 0.3) is 0 Å². The zero-order valence-corrected chi connectivity index (χ0v) is 14.5. The van der Waals surface area contributed by atoms with Gasteiger partial charge in [-0.15, -0.1) is 0 Å². The van der Waals surface area contributed by atoms with Crippen molar-refractivity contribution in [1.82, 2.24) is 10.6 Å². The molecule has 1 aromatic carbocycles. The second-order valence-corrected chi connectivity index (χ2v) is 6.31. The molecule has 1 aliphatic rings. The predicted molar refractivity (Wildman–Crippen MR) is 96.2 cm³/mol. The van der Waals surface area contributed by atoms with Gasteiger partial charge in [0.1, 0.15) is 0 Å². The molecule has 1 aromatic rings. The number of carbonyl (C=O) groups is 1. The van der Waals surface area contributed by atoms with Crippen molar-refractivity contribution in [3.63, 3.8) is 0 Å². The zero-order chi connectivity index (χ0) is 16.7. The summed E-state index contributed by atoms with van der Waals surface area (Å²) >= 11 is 6.12. The van der Waals surface area contributed by atoms with Crippen LogP contribution in [-0.2, 0) is 4.79 Å². The molecule has 6 heteroatoms. The summed E-state index contributed by atoms with van der Waals surface area (Å²) < 4.78 is 0. The van der Waals surface area contributed by atoms with E-state index in [0.29, 0.717) is 29.7 Å². The van der Waals surface area contributed by atoms with Crippen molar-refractivity contribution in [3.8, 4) is 0 Å². The number of aliphatic imine (C=N–C) groups is 1. The van der Waals surface area contributed by atoms with Gasteiger partial charge < -0.3 is 16.0 Å². The van der Waals surface area contributed by atoms with Gasteiger partial charge in [0.15, 0.2) is 5.96 Å². The Morgan fingerprint density at radius 3 is 2.74 bits per heavy atom. The van der Waals surface area contributed by atoms with Crippen LogP contribution in [0.15, 0.2) is 23.2 Å². The number of carbonyl (C=O) groups excluding carboxylic acids is 1. The van der Waals surface area contributed by atoms with Gasteiger partial charge in [-0.1, -0.05) is 30.5 Å². The molecule has 0 bridgehead atoms. The molecule has 1 saturated carbocycles. The summed E-state index contributed by atoms with van der Waals surface area (Å²) in [6.45, 7) is 2.49. The molecule has 1 aliphatic carbocycles. The Balaban J connectivity index is 1.73. The molecule has 23 heavy (non-hydrogen) atoms. The summed E-state index contributed by atoms with van der Waals surface area (Å²) in [5.41, 5.74) is 1.71. The van der Waals surface area contributed by atoms with Crippen molar-refractivity contribution in [1.29, 1.82) is 0 Å². The molecule has 0 spiro atoms. The van der Waals surface area contributed by atoms with Gasteiger partial charge in [-0.05, 0) is 37.5 Å². The van der Waals surface area contributed by atoms with Crippen LogP contribution >= 0.6 is 11.6 Å². The smallest absolute Gasteiger partial charge is 0.226 e. The lowest BCUT2D eigenvalue weighted by molar-refractivity contribution is -0.116. The van der Waals surface area contributed by atoms with Crippen LogP contribution in [0.25, 0.3) is 0 Å². The van der Waals surface area contributed by atoms with E-state index in [4.69, 9.17) is 11.6 Å². The SMILES string of the molecule is CN=C(NCCC(=O)Nc1ccc(C)cc1Cl)NC1CCCC1. The van der Waals surface area contributed by atoms with E-state index in [1.54, 1.807) is 7.05 Å². The number of benzene rings is 1. The molecular formula is C17H25ClN4O. The Bertz CT molecular complexity index is 568. The summed E-state index contributed by atoms with van der Waals surface area (Å²) in [5.74, 6) is 0.692. The van der Waals surface area contributed by atoms with E-state index in [0.717, 1.165) is 11.5 Å². The van der Waals surface area contributed by atoms with E-state index >= 15 is 0 Å². The van der Waals surface area contributed by atoms with Crippen LogP contribution in [0.4, 0.5) is 5.69 Å². The van der Waals surface area contributed by atoms with Crippen LogP contribution in [0.1, 0.15) is 37.7 Å². The van der Waals surface area contributed by atoms with E-state index in [-0.39, 0.29) is 5.91 Å². The minimum Gasteiger partial charge on any atom is -0.356 e. The average Bonchev–Trinajstić information content (AvgIpc) is 3.02. The maximum atomic E-state index is 12.0. The first-order chi connectivity index (χ1) is 11.1. The normalized spacial score (nSPS) is 15.5. The fourth-order valence-electron chi connectivity index (χ4n) is 2.69. The van der Waals surface area contributed by atoms with E-state index in [1.165, 1.54) is 25.7 Å². The average molecular weight is 337 g/mol. The minimum atomic E-state index is -0.0698. The highest BCUT2D eigenvalue weighted by Gasteiger charge is 2.15. The molecular weight excluding hydrogens is 312 g/mol. The lowest BCUT2D eigenvalue weighted by atomic mass is 10.2. The fraction of sp³-hybridized carbons (Fsp3) is 0.529. The number of nitrogens with zero attached hydrogens (tertiary/aromatic N) is 1. The topological polar surface area (TPSA) is 65.5 Å². The number of hydrogen-bond acceptors (Lipinski definition) is 2. The van der Waals surface area contributed by atoms with Crippen LogP contribution in [0.3, 0.4) is 0 Å². The highest BCUT2D eigenvalue weighted by Crippen LogP contribution is 2.22. The van der Waals surface area contributed by atoms with E-state index in [1.807, 2.05) is 25.1 Å². The highest BCUT2D eigenvalue weighted by atomic mass is 35.5. The van der Waals surface area contributed by atoms with Crippen molar-refractivity contribution in [2.24, 2.45) is 4.99 Å². The number of nitrogens with one attached hydrogen (secondary N) is 3. The molecule has 1 amide bonds. The van der Waals surface area contributed by atoms with Gasteiger partial charge in [-0.3, -0.25) is 9.79 Å².